The minimum Gasteiger partial charge on any atom is -0.492 e. The summed E-state index contributed by atoms with van der Waals surface area (Å²) in [5.74, 6) is -0.739. The Morgan fingerprint density at radius 3 is 2.26 bits per heavy atom. The van der Waals surface area contributed by atoms with E-state index < -0.39 is 42.8 Å². The third-order valence-electron chi connectivity index (χ3n) is 3.89. The SMILES string of the molecule is Nc1nc(O)c2ncn(CC3(O[C](CC(F)(F)F)CC(F)(F)F)CC3)c2n1. The van der Waals surface area contributed by atoms with Crippen LogP contribution in [0, 0.1) is 6.10 Å². The summed E-state index contributed by atoms with van der Waals surface area (Å²) in [5, 5.41) is 9.69. The molecule has 0 saturated heterocycles. The van der Waals surface area contributed by atoms with Crippen LogP contribution in [0.5, 0.6) is 5.88 Å². The van der Waals surface area contributed by atoms with Crippen molar-refractivity contribution in [1.82, 2.24) is 19.5 Å². The van der Waals surface area contributed by atoms with Gasteiger partial charge in [0.1, 0.15) is 6.10 Å². The zero-order valence-corrected chi connectivity index (χ0v) is 13.6. The molecular weight excluding hydrogens is 384 g/mol. The number of rotatable bonds is 6. The standard InChI is InChI=1S/C14H14F6N5O2/c15-13(16,17)3-7(4-14(18,19)20)27-12(1-2-12)5-25-6-22-8-9(25)23-11(21)24-10(8)26/h6H,1-5H2,(H3,21,23,24,26). The van der Waals surface area contributed by atoms with E-state index in [0.29, 0.717) is 0 Å². The van der Waals surface area contributed by atoms with Gasteiger partial charge in [-0.05, 0) is 12.8 Å². The first-order valence-electron chi connectivity index (χ1n) is 7.70. The number of aromatic nitrogens is 4. The van der Waals surface area contributed by atoms with E-state index >= 15 is 0 Å². The number of imidazole rings is 1. The topological polar surface area (TPSA) is 99.1 Å². The molecule has 1 radical (unpaired) electrons. The molecule has 2 aromatic heterocycles. The van der Waals surface area contributed by atoms with Crippen LogP contribution in [0.2, 0.25) is 0 Å². The molecule has 7 nitrogen and oxygen atoms in total. The van der Waals surface area contributed by atoms with Gasteiger partial charge in [0, 0.05) is 0 Å². The molecule has 0 amide bonds. The quantitative estimate of drug-likeness (QED) is 0.726. The molecule has 0 spiro atoms. The van der Waals surface area contributed by atoms with Crippen LogP contribution in [0.25, 0.3) is 11.2 Å². The molecule has 0 unspecified atom stereocenters. The first-order valence-corrected chi connectivity index (χ1v) is 7.70. The maximum absolute atomic E-state index is 12.6. The highest BCUT2D eigenvalue weighted by atomic mass is 19.4. The van der Waals surface area contributed by atoms with Gasteiger partial charge in [-0.2, -0.15) is 36.3 Å². The number of halogens is 6. The first-order chi connectivity index (χ1) is 12.4. The number of nitrogen functional groups attached to an aromatic ring is 1. The predicted octanol–water partition coefficient (Wildman–Crippen LogP) is 3.10. The van der Waals surface area contributed by atoms with Gasteiger partial charge in [-0.1, -0.05) is 0 Å². The third-order valence-corrected chi connectivity index (χ3v) is 3.89. The van der Waals surface area contributed by atoms with Crippen molar-refractivity contribution in [1.29, 1.82) is 0 Å². The van der Waals surface area contributed by atoms with Crippen LogP contribution in [0.3, 0.4) is 0 Å². The van der Waals surface area contributed by atoms with Crippen molar-refractivity contribution >= 4 is 17.1 Å². The molecular formula is C14H14F6N5O2. The van der Waals surface area contributed by atoms with Crippen LogP contribution in [0.1, 0.15) is 25.7 Å². The van der Waals surface area contributed by atoms with Crippen molar-refractivity contribution in [3.63, 3.8) is 0 Å². The number of hydrogen-bond donors (Lipinski definition) is 2. The lowest BCUT2D eigenvalue weighted by Gasteiger charge is -2.26. The van der Waals surface area contributed by atoms with Crippen LogP contribution < -0.4 is 5.73 Å². The fraction of sp³-hybridized carbons (Fsp3) is 0.571. The van der Waals surface area contributed by atoms with Crippen molar-refractivity contribution in [2.24, 2.45) is 0 Å². The van der Waals surface area contributed by atoms with Gasteiger partial charge in [0.15, 0.2) is 11.2 Å². The van der Waals surface area contributed by atoms with Crippen molar-refractivity contribution in [3.05, 3.63) is 12.4 Å². The Bertz CT molecular complexity index is 814. The molecule has 0 bridgehead atoms. The summed E-state index contributed by atoms with van der Waals surface area (Å²) in [4.78, 5) is 11.3. The van der Waals surface area contributed by atoms with Crippen molar-refractivity contribution in [2.75, 3.05) is 5.73 Å². The van der Waals surface area contributed by atoms with E-state index in [1.165, 1.54) is 10.9 Å². The maximum atomic E-state index is 12.6. The van der Waals surface area contributed by atoms with Crippen molar-refractivity contribution in [2.45, 2.75) is 50.2 Å². The minimum absolute atomic E-state index is 0.00906. The number of hydrogen-bond acceptors (Lipinski definition) is 6. The number of aromatic hydroxyl groups is 1. The Labute approximate surface area is 148 Å². The summed E-state index contributed by atoms with van der Waals surface area (Å²) in [6.07, 6.45) is -12.6. The third kappa shape index (κ3) is 4.90. The zero-order chi connectivity index (χ0) is 20.0. The average molecular weight is 398 g/mol. The smallest absolute Gasteiger partial charge is 0.391 e. The molecule has 149 valence electrons. The summed E-state index contributed by atoms with van der Waals surface area (Å²) in [6.45, 7) is -0.0986. The second-order valence-corrected chi connectivity index (χ2v) is 6.36. The number of fused-ring (bicyclic) bond motifs is 1. The van der Waals surface area contributed by atoms with E-state index in [1.807, 2.05) is 0 Å². The van der Waals surface area contributed by atoms with Gasteiger partial charge in [-0.3, -0.25) is 0 Å². The molecule has 1 fully saturated rings. The van der Waals surface area contributed by atoms with E-state index in [2.05, 4.69) is 15.0 Å². The molecule has 0 aromatic carbocycles. The molecule has 27 heavy (non-hydrogen) atoms. The van der Waals surface area contributed by atoms with Crippen LogP contribution in [-0.4, -0.2) is 42.6 Å². The number of alkyl halides is 6. The highest BCUT2D eigenvalue weighted by Gasteiger charge is 2.50. The Balaban J connectivity index is 1.80. The van der Waals surface area contributed by atoms with Gasteiger partial charge in [-0.15, -0.1) is 0 Å². The van der Waals surface area contributed by atoms with Crippen LogP contribution in [-0.2, 0) is 11.3 Å². The Morgan fingerprint density at radius 1 is 1.15 bits per heavy atom. The molecule has 1 aliphatic carbocycles. The van der Waals surface area contributed by atoms with Gasteiger partial charge in [0.25, 0.3) is 0 Å². The molecule has 2 aromatic rings. The summed E-state index contributed by atoms with van der Waals surface area (Å²) < 4.78 is 82.2. The summed E-state index contributed by atoms with van der Waals surface area (Å²) in [7, 11) is 0. The zero-order valence-electron chi connectivity index (χ0n) is 13.6. The summed E-state index contributed by atoms with van der Waals surface area (Å²) in [6, 6.07) is 0. The molecule has 0 aliphatic heterocycles. The largest absolute Gasteiger partial charge is 0.492 e. The fourth-order valence-electron chi connectivity index (χ4n) is 2.69. The molecule has 0 atom stereocenters. The van der Waals surface area contributed by atoms with Crippen LogP contribution in [0.15, 0.2) is 6.33 Å². The number of ether oxygens (including phenoxy) is 1. The van der Waals surface area contributed by atoms with E-state index in [-0.39, 0.29) is 36.5 Å². The van der Waals surface area contributed by atoms with E-state index in [4.69, 9.17) is 10.5 Å². The average Bonchev–Trinajstić information content (AvgIpc) is 3.08. The fourth-order valence-corrected chi connectivity index (χ4v) is 2.69. The highest BCUT2D eigenvalue weighted by molar-refractivity contribution is 5.77. The van der Waals surface area contributed by atoms with E-state index in [9.17, 15) is 31.4 Å². The molecule has 3 rings (SSSR count). The Hall–Kier alpha value is -2.31. The van der Waals surface area contributed by atoms with Crippen LogP contribution >= 0.6 is 0 Å². The van der Waals surface area contributed by atoms with Gasteiger partial charge in [0.2, 0.25) is 11.8 Å². The predicted molar refractivity (Wildman–Crippen MR) is 79.0 cm³/mol. The molecule has 1 aliphatic rings. The molecule has 3 N–H and O–H groups in total. The number of anilines is 1. The minimum atomic E-state index is -4.83. The monoisotopic (exact) mass is 398 g/mol. The Kier molecular flexibility index (Phi) is 4.60. The number of nitrogens with two attached hydrogens (primary N) is 1. The summed E-state index contributed by atoms with van der Waals surface area (Å²) >= 11 is 0. The van der Waals surface area contributed by atoms with Gasteiger partial charge >= 0.3 is 12.4 Å². The van der Waals surface area contributed by atoms with Gasteiger partial charge in [0.05, 0.1) is 31.3 Å². The molecule has 13 heteroatoms. The van der Waals surface area contributed by atoms with E-state index in [0.717, 1.165) is 0 Å². The van der Waals surface area contributed by atoms with Gasteiger partial charge in [-0.25, -0.2) is 4.98 Å². The first kappa shape index (κ1) is 19.5. The normalized spacial score (nSPS) is 17.0. The van der Waals surface area contributed by atoms with Crippen LogP contribution in [0.4, 0.5) is 32.3 Å². The lowest BCUT2D eigenvalue weighted by molar-refractivity contribution is -0.177. The highest BCUT2D eigenvalue weighted by Crippen LogP contribution is 2.47. The molecule has 2 heterocycles. The van der Waals surface area contributed by atoms with Crippen molar-refractivity contribution in [3.8, 4) is 5.88 Å². The van der Waals surface area contributed by atoms with E-state index in [1.54, 1.807) is 0 Å². The lowest BCUT2D eigenvalue weighted by atomic mass is 10.1. The summed E-state index contributed by atoms with van der Waals surface area (Å²) in [5.41, 5.74) is 4.32. The Morgan fingerprint density at radius 2 is 1.74 bits per heavy atom. The second-order valence-electron chi connectivity index (χ2n) is 6.36. The maximum Gasteiger partial charge on any atom is 0.391 e. The number of nitrogens with zero attached hydrogens (tertiary/aromatic N) is 4. The second kappa shape index (κ2) is 6.39. The van der Waals surface area contributed by atoms with Gasteiger partial charge < -0.3 is 20.1 Å². The van der Waals surface area contributed by atoms with Crippen molar-refractivity contribution < 1.29 is 36.2 Å². The molecule has 1 saturated carbocycles. The lowest BCUT2D eigenvalue weighted by Crippen LogP contribution is -2.29.